The molecule has 1 saturated heterocycles. The molecule has 1 aliphatic rings. The Kier molecular flexibility index (Phi) is 6.00. The number of halogens is 1. The molecule has 1 fully saturated rings. The van der Waals surface area contributed by atoms with Crippen molar-refractivity contribution in [3.63, 3.8) is 0 Å². The highest BCUT2D eigenvalue weighted by molar-refractivity contribution is 9.10. The smallest absolute Gasteiger partial charge is 0.240 e. The third kappa shape index (κ3) is 4.93. The maximum Gasteiger partial charge on any atom is 0.240 e. The van der Waals surface area contributed by atoms with Gasteiger partial charge in [0.25, 0.3) is 0 Å². The van der Waals surface area contributed by atoms with Crippen molar-refractivity contribution in [3.8, 4) is 5.75 Å². The molecule has 1 aromatic rings. The van der Waals surface area contributed by atoms with Gasteiger partial charge in [0.2, 0.25) is 10.0 Å². The van der Waals surface area contributed by atoms with Crippen molar-refractivity contribution >= 4 is 26.0 Å². The summed E-state index contributed by atoms with van der Waals surface area (Å²) in [4.78, 5) is 2.44. The lowest BCUT2D eigenvalue weighted by atomic mass is 10.3. The third-order valence-corrected chi connectivity index (χ3v) is 5.22. The van der Waals surface area contributed by atoms with E-state index in [0.717, 1.165) is 26.2 Å². The molecule has 2 N–H and O–H groups in total. The average molecular weight is 378 g/mol. The molecule has 6 nitrogen and oxygen atoms in total. The van der Waals surface area contributed by atoms with Gasteiger partial charge in [-0.2, -0.15) is 0 Å². The predicted molar refractivity (Wildman–Crippen MR) is 85.2 cm³/mol. The van der Waals surface area contributed by atoms with E-state index in [0.29, 0.717) is 23.3 Å². The SMILES string of the molecule is COc1cc(Br)cc(S(=O)(=O)NCCN2CCNCC2)c1. The molecular formula is C13H20BrN3O3S. The van der Waals surface area contributed by atoms with Crippen LogP contribution in [0.4, 0.5) is 0 Å². The normalized spacial score (nSPS) is 16.9. The van der Waals surface area contributed by atoms with Crippen molar-refractivity contribution in [1.82, 2.24) is 14.9 Å². The minimum atomic E-state index is -3.52. The van der Waals surface area contributed by atoms with Crippen molar-refractivity contribution in [2.24, 2.45) is 0 Å². The molecule has 1 heterocycles. The summed E-state index contributed by atoms with van der Waals surface area (Å²) in [6.45, 7) is 4.92. The van der Waals surface area contributed by atoms with Crippen LogP contribution in [0.5, 0.6) is 5.75 Å². The minimum Gasteiger partial charge on any atom is -0.497 e. The summed E-state index contributed by atoms with van der Waals surface area (Å²) in [7, 11) is -2.01. The number of hydrogen-bond donors (Lipinski definition) is 2. The van der Waals surface area contributed by atoms with Gasteiger partial charge in [0.15, 0.2) is 0 Å². The van der Waals surface area contributed by atoms with E-state index in [1.165, 1.54) is 13.2 Å². The second kappa shape index (κ2) is 7.55. The van der Waals surface area contributed by atoms with Gasteiger partial charge in [0.05, 0.1) is 12.0 Å². The number of nitrogens with one attached hydrogen (secondary N) is 2. The molecule has 21 heavy (non-hydrogen) atoms. The number of hydrogen-bond acceptors (Lipinski definition) is 5. The highest BCUT2D eigenvalue weighted by Gasteiger charge is 2.16. The van der Waals surface area contributed by atoms with E-state index >= 15 is 0 Å². The number of ether oxygens (including phenoxy) is 1. The van der Waals surface area contributed by atoms with Gasteiger partial charge in [0, 0.05) is 49.8 Å². The molecule has 118 valence electrons. The molecule has 1 aromatic carbocycles. The molecule has 0 amide bonds. The number of piperazine rings is 1. The van der Waals surface area contributed by atoms with Crippen molar-refractivity contribution in [3.05, 3.63) is 22.7 Å². The Bertz CT molecular complexity index is 574. The van der Waals surface area contributed by atoms with E-state index in [4.69, 9.17) is 4.74 Å². The Hall–Kier alpha value is -0.670. The fourth-order valence-corrected chi connectivity index (χ4v) is 3.87. The van der Waals surface area contributed by atoms with E-state index in [9.17, 15) is 8.42 Å². The van der Waals surface area contributed by atoms with Crippen LogP contribution in [0, 0.1) is 0 Å². The van der Waals surface area contributed by atoms with Crippen molar-refractivity contribution in [2.75, 3.05) is 46.4 Å². The fraction of sp³-hybridized carbons (Fsp3) is 0.538. The number of methoxy groups -OCH3 is 1. The summed E-state index contributed by atoms with van der Waals surface area (Å²) in [5.41, 5.74) is 0. The summed E-state index contributed by atoms with van der Waals surface area (Å²) in [5, 5.41) is 3.27. The van der Waals surface area contributed by atoms with E-state index in [1.54, 1.807) is 12.1 Å². The van der Waals surface area contributed by atoms with E-state index in [2.05, 4.69) is 30.9 Å². The van der Waals surface area contributed by atoms with Crippen LogP contribution in [0.25, 0.3) is 0 Å². The van der Waals surface area contributed by atoms with Crippen molar-refractivity contribution in [2.45, 2.75) is 4.90 Å². The first-order valence-electron chi connectivity index (χ1n) is 6.78. The first-order valence-corrected chi connectivity index (χ1v) is 9.06. The van der Waals surface area contributed by atoms with Gasteiger partial charge >= 0.3 is 0 Å². The Balaban J connectivity index is 1.96. The average Bonchev–Trinajstić information content (AvgIpc) is 2.47. The van der Waals surface area contributed by atoms with Gasteiger partial charge in [-0.1, -0.05) is 15.9 Å². The van der Waals surface area contributed by atoms with Crippen LogP contribution >= 0.6 is 15.9 Å². The van der Waals surface area contributed by atoms with Crippen LogP contribution < -0.4 is 14.8 Å². The molecule has 8 heteroatoms. The van der Waals surface area contributed by atoms with Gasteiger partial charge in [-0.3, -0.25) is 4.90 Å². The zero-order valence-corrected chi connectivity index (χ0v) is 14.3. The third-order valence-electron chi connectivity index (χ3n) is 3.32. The van der Waals surface area contributed by atoms with Gasteiger partial charge < -0.3 is 10.1 Å². The van der Waals surface area contributed by atoms with Crippen LogP contribution in [0.1, 0.15) is 0 Å². The summed E-state index contributed by atoms with van der Waals surface area (Å²) in [5.74, 6) is 0.506. The fourth-order valence-electron chi connectivity index (χ4n) is 2.17. The summed E-state index contributed by atoms with van der Waals surface area (Å²) in [6, 6.07) is 4.80. The first-order chi connectivity index (χ1) is 10.0. The first kappa shape index (κ1) is 16.7. The molecule has 0 aliphatic carbocycles. The lowest BCUT2D eigenvalue weighted by molar-refractivity contribution is 0.245. The molecule has 0 radical (unpaired) electrons. The maximum atomic E-state index is 12.3. The van der Waals surface area contributed by atoms with E-state index in [1.807, 2.05) is 0 Å². The molecule has 0 unspecified atom stereocenters. The molecule has 1 aliphatic heterocycles. The number of rotatable bonds is 6. The highest BCUT2D eigenvalue weighted by Crippen LogP contribution is 2.23. The Morgan fingerprint density at radius 3 is 2.71 bits per heavy atom. The molecule has 0 saturated carbocycles. The zero-order valence-electron chi connectivity index (χ0n) is 11.9. The topological polar surface area (TPSA) is 70.7 Å². The van der Waals surface area contributed by atoms with E-state index in [-0.39, 0.29) is 4.90 Å². The van der Waals surface area contributed by atoms with Gasteiger partial charge in [-0.25, -0.2) is 13.1 Å². The monoisotopic (exact) mass is 377 g/mol. The van der Waals surface area contributed by atoms with Crippen LogP contribution in [-0.2, 0) is 10.0 Å². The van der Waals surface area contributed by atoms with Gasteiger partial charge in [0.1, 0.15) is 5.75 Å². The number of nitrogens with zero attached hydrogens (tertiary/aromatic N) is 1. The number of sulfonamides is 1. The maximum absolute atomic E-state index is 12.3. The second-order valence-electron chi connectivity index (χ2n) is 4.82. The van der Waals surface area contributed by atoms with Crippen LogP contribution in [0.2, 0.25) is 0 Å². The summed E-state index contributed by atoms with van der Waals surface area (Å²) >= 11 is 3.29. The Morgan fingerprint density at radius 1 is 1.33 bits per heavy atom. The van der Waals surface area contributed by atoms with Crippen LogP contribution in [0.3, 0.4) is 0 Å². The summed E-state index contributed by atoms with van der Waals surface area (Å²) in [6.07, 6.45) is 0. The minimum absolute atomic E-state index is 0.203. The second-order valence-corrected chi connectivity index (χ2v) is 7.50. The van der Waals surface area contributed by atoms with Crippen molar-refractivity contribution in [1.29, 1.82) is 0 Å². The van der Waals surface area contributed by atoms with Gasteiger partial charge in [-0.15, -0.1) is 0 Å². The Labute approximate surface area is 134 Å². The molecule has 0 spiro atoms. The van der Waals surface area contributed by atoms with E-state index < -0.39 is 10.0 Å². The molecule has 0 bridgehead atoms. The summed E-state index contributed by atoms with van der Waals surface area (Å²) < 4.78 is 33.0. The predicted octanol–water partition coefficient (Wildman–Crippen LogP) is 0.641. The molecule has 0 aromatic heterocycles. The highest BCUT2D eigenvalue weighted by atomic mass is 79.9. The van der Waals surface area contributed by atoms with Crippen molar-refractivity contribution < 1.29 is 13.2 Å². The Morgan fingerprint density at radius 2 is 2.05 bits per heavy atom. The lowest BCUT2D eigenvalue weighted by Gasteiger charge is -2.27. The molecule has 0 atom stereocenters. The molecular weight excluding hydrogens is 358 g/mol. The molecule has 2 rings (SSSR count). The lowest BCUT2D eigenvalue weighted by Crippen LogP contribution is -2.46. The van der Waals surface area contributed by atoms with Crippen LogP contribution in [-0.4, -0.2) is 59.7 Å². The van der Waals surface area contributed by atoms with Gasteiger partial charge in [-0.05, 0) is 12.1 Å². The standard InChI is InChI=1S/C13H20BrN3O3S/c1-20-12-8-11(14)9-13(10-12)21(18,19)16-4-7-17-5-2-15-3-6-17/h8-10,15-16H,2-7H2,1H3. The largest absolute Gasteiger partial charge is 0.497 e. The zero-order chi connectivity index (χ0) is 15.3. The quantitative estimate of drug-likeness (QED) is 0.761. The van der Waals surface area contributed by atoms with Crippen LogP contribution in [0.15, 0.2) is 27.6 Å². The number of benzene rings is 1.